The fourth-order valence-corrected chi connectivity index (χ4v) is 1.67. The lowest BCUT2D eigenvalue weighted by Crippen LogP contribution is -2.65. The topological polar surface area (TPSA) is 36.1 Å². The molecule has 58 valence electrons. The summed E-state index contributed by atoms with van der Waals surface area (Å²) >= 11 is 0. The van der Waals surface area contributed by atoms with Gasteiger partial charge in [-0.3, -0.25) is 0 Å². The third-order valence-electron chi connectivity index (χ3n) is 2.51. The summed E-state index contributed by atoms with van der Waals surface area (Å²) in [5, 5.41) is 10.3. The lowest BCUT2D eigenvalue weighted by atomic mass is 9.88. The summed E-state index contributed by atoms with van der Waals surface area (Å²) < 4.78 is 0. The molecule has 2 aliphatic rings. The van der Waals surface area contributed by atoms with Crippen LogP contribution in [0.25, 0.3) is 0 Å². The Morgan fingerprint density at radius 3 is 1.90 bits per heavy atom. The highest BCUT2D eigenvalue weighted by Gasteiger charge is 2.36. The monoisotopic (exact) mass is 141 g/mol. The van der Waals surface area contributed by atoms with Crippen molar-refractivity contribution in [2.24, 2.45) is 0 Å². The molecule has 0 aromatic carbocycles. The van der Waals surface area contributed by atoms with E-state index in [4.69, 9.17) is 0 Å². The zero-order chi connectivity index (χ0) is 6.86. The van der Waals surface area contributed by atoms with Gasteiger partial charge in [0.25, 0.3) is 0 Å². The van der Waals surface area contributed by atoms with E-state index in [1.807, 2.05) is 0 Å². The van der Waals surface area contributed by atoms with Crippen LogP contribution in [0, 0.1) is 0 Å². The average Bonchev–Trinajstić information content (AvgIpc) is 2.08. The van der Waals surface area contributed by atoms with Crippen LogP contribution in [0.5, 0.6) is 0 Å². The Balaban J connectivity index is 1.92. The molecule has 10 heavy (non-hydrogen) atoms. The second-order valence-electron chi connectivity index (χ2n) is 3.31. The van der Waals surface area contributed by atoms with Gasteiger partial charge in [-0.2, -0.15) is 0 Å². The smallest absolute Gasteiger partial charge is 0.0444 e. The maximum absolute atomic E-state index is 3.48. The first-order valence-corrected chi connectivity index (χ1v) is 4.08. The van der Waals surface area contributed by atoms with Crippen LogP contribution in [0.15, 0.2) is 0 Å². The van der Waals surface area contributed by atoms with Crippen LogP contribution in [0.1, 0.15) is 6.42 Å². The molecule has 2 rings (SSSR count). The minimum atomic E-state index is 0.413. The van der Waals surface area contributed by atoms with Gasteiger partial charge < -0.3 is 16.0 Å². The van der Waals surface area contributed by atoms with Crippen molar-refractivity contribution in [3.05, 3.63) is 0 Å². The second kappa shape index (κ2) is 2.49. The molecule has 0 saturated carbocycles. The molecule has 0 unspecified atom stereocenters. The van der Waals surface area contributed by atoms with E-state index >= 15 is 0 Å². The van der Waals surface area contributed by atoms with E-state index in [0.717, 1.165) is 26.2 Å². The van der Waals surface area contributed by atoms with Gasteiger partial charge in [-0.25, -0.2) is 0 Å². The van der Waals surface area contributed by atoms with Gasteiger partial charge in [-0.15, -0.1) is 0 Å². The first kappa shape index (κ1) is 6.58. The Kier molecular flexibility index (Phi) is 1.64. The summed E-state index contributed by atoms with van der Waals surface area (Å²) in [4.78, 5) is 0. The van der Waals surface area contributed by atoms with Gasteiger partial charge in [-0.1, -0.05) is 0 Å². The lowest BCUT2D eigenvalue weighted by Gasteiger charge is -2.42. The van der Waals surface area contributed by atoms with E-state index in [-0.39, 0.29) is 0 Å². The summed E-state index contributed by atoms with van der Waals surface area (Å²) in [5.41, 5.74) is 0.413. The molecule has 0 radical (unpaired) electrons. The summed E-state index contributed by atoms with van der Waals surface area (Å²) in [6.07, 6.45) is 1.33. The highest BCUT2D eigenvalue weighted by molar-refractivity contribution is 5.01. The Morgan fingerprint density at radius 1 is 0.900 bits per heavy atom. The normalized spacial score (nSPS) is 31.2. The van der Waals surface area contributed by atoms with Crippen LogP contribution in [-0.2, 0) is 0 Å². The van der Waals surface area contributed by atoms with Gasteiger partial charge in [0.2, 0.25) is 0 Å². The molecule has 3 N–H and O–H groups in total. The Morgan fingerprint density at radius 2 is 1.50 bits per heavy atom. The van der Waals surface area contributed by atoms with Crippen molar-refractivity contribution in [3.63, 3.8) is 0 Å². The van der Waals surface area contributed by atoms with Crippen molar-refractivity contribution in [1.82, 2.24) is 16.0 Å². The number of hydrogen-bond acceptors (Lipinski definition) is 3. The van der Waals surface area contributed by atoms with E-state index in [9.17, 15) is 0 Å². The van der Waals surface area contributed by atoms with Gasteiger partial charge in [0.1, 0.15) is 0 Å². The lowest BCUT2D eigenvalue weighted by molar-refractivity contribution is 0.208. The standard InChI is InChI=1S/C7H15N3/c1-2-10-7(1)5-8-3-4-9-6-7/h8-10H,1-6H2. The summed E-state index contributed by atoms with van der Waals surface area (Å²) in [5.74, 6) is 0. The molecule has 0 amide bonds. The molecule has 0 aromatic rings. The molecule has 2 aliphatic heterocycles. The van der Waals surface area contributed by atoms with E-state index in [0.29, 0.717) is 5.54 Å². The molecule has 2 saturated heterocycles. The molecule has 3 nitrogen and oxygen atoms in total. The molecule has 0 bridgehead atoms. The molecule has 0 atom stereocenters. The van der Waals surface area contributed by atoms with Crippen molar-refractivity contribution in [1.29, 1.82) is 0 Å². The highest BCUT2D eigenvalue weighted by Crippen LogP contribution is 2.17. The van der Waals surface area contributed by atoms with Crippen LogP contribution in [-0.4, -0.2) is 38.3 Å². The summed E-state index contributed by atoms with van der Waals surface area (Å²) in [6, 6.07) is 0. The van der Waals surface area contributed by atoms with Crippen molar-refractivity contribution in [2.75, 3.05) is 32.7 Å². The molecule has 3 heteroatoms. The zero-order valence-electron chi connectivity index (χ0n) is 6.24. The predicted octanol–water partition coefficient (Wildman–Crippen LogP) is -1.09. The van der Waals surface area contributed by atoms with Crippen LogP contribution in [0.2, 0.25) is 0 Å². The van der Waals surface area contributed by atoms with Crippen molar-refractivity contribution in [2.45, 2.75) is 12.0 Å². The maximum Gasteiger partial charge on any atom is 0.0444 e. The Labute approximate surface area is 61.6 Å². The minimum absolute atomic E-state index is 0.413. The molecular weight excluding hydrogens is 126 g/mol. The first-order chi connectivity index (χ1) is 4.91. The third kappa shape index (κ3) is 1.05. The van der Waals surface area contributed by atoms with Crippen molar-refractivity contribution in [3.8, 4) is 0 Å². The second-order valence-corrected chi connectivity index (χ2v) is 3.31. The van der Waals surface area contributed by atoms with Gasteiger partial charge in [0.15, 0.2) is 0 Å². The van der Waals surface area contributed by atoms with E-state index in [1.165, 1.54) is 13.0 Å². The van der Waals surface area contributed by atoms with Crippen molar-refractivity contribution < 1.29 is 0 Å². The van der Waals surface area contributed by atoms with Gasteiger partial charge in [0, 0.05) is 31.7 Å². The van der Waals surface area contributed by atoms with Gasteiger partial charge in [-0.05, 0) is 13.0 Å². The quantitative estimate of drug-likeness (QED) is 0.401. The zero-order valence-corrected chi connectivity index (χ0v) is 6.24. The Bertz CT molecular complexity index is 110. The van der Waals surface area contributed by atoms with E-state index < -0.39 is 0 Å². The molecule has 0 aromatic heterocycles. The molecule has 2 fully saturated rings. The summed E-state index contributed by atoms with van der Waals surface area (Å²) in [7, 11) is 0. The fraction of sp³-hybridized carbons (Fsp3) is 1.00. The SMILES string of the molecule is C1CNCC2(CCN2)CN1. The van der Waals surface area contributed by atoms with Crippen LogP contribution in [0.4, 0.5) is 0 Å². The van der Waals surface area contributed by atoms with Gasteiger partial charge in [0.05, 0.1) is 0 Å². The predicted molar refractivity (Wildman–Crippen MR) is 41.1 cm³/mol. The third-order valence-corrected chi connectivity index (χ3v) is 2.51. The average molecular weight is 141 g/mol. The molecular formula is C7H15N3. The summed E-state index contributed by atoms with van der Waals surface area (Å²) in [6.45, 7) is 5.70. The number of rotatable bonds is 0. The fourth-order valence-electron chi connectivity index (χ4n) is 1.67. The van der Waals surface area contributed by atoms with Gasteiger partial charge >= 0.3 is 0 Å². The van der Waals surface area contributed by atoms with Crippen LogP contribution < -0.4 is 16.0 Å². The van der Waals surface area contributed by atoms with E-state index in [2.05, 4.69) is 16.0 Å². The highest BCUT2D eigenvalue weighted by atomic mass is 15.2. The largest absolute Gasteiger partial charge is 0.314 e. The maximum atomic E-state index is 3.48. The van der Waals surface area contributed by atoms with E-state index in [1.54, 1.807) is 0 Å². The molecule has 2 heterocycles. The van der Waals surface area contributed by atoms with Crippen LogP contribution in [0.3, 0.4) is 0 Å². The number of hydrogen-bond donors (Lipinski definition) is 3. The van der Waals surface area contributed by atoms with Crippen molar-refractivity contribution >= 4 is 0 Å². The van der Waals surface area contributed by atoms with Crippen LogP contribution >= 0.6 is 0 Å². The number of nitrogens with one attached hydrogen (secondary N) is 3. The first-order valence-electron chi connectivity index (χ1n) is 4.08. The minimum Gasteiger partial charge on any atom is -0.314 e. The Hall–Kier alpha value is -0.120. The molecule has 1 spiro atoms. The molecule has 0 aliphatic carbocycles.